The molecule has 0 aliphatic carbocycles. The number of nitrogens with zero attached hydrogens (tertiary/aromatic N) is 2. The molecule has 0 saturated heterocycles. The van der Waals surface area contributed by atoms with Crippen molar-refractivity contribution in [1.82, 2.24) is 9.55 Å². The van der Waals surface area contributed by atoms with E-state index in [0.717, 1.165) is 0 Å². The van der Waals surface area contributed by atoms with E-state index < -0.39 is 5.91 Å². The average Bonchev–Trinajstić information content (AvgIpc) is 2.81. The van der Waals surface area contributed by atoms with Crippen LogP contribution in [0.2, 0.25) is 5.02 Å². The number of rotatable bonds is 6. The summed E-state index contributed by atoms with van der Waals surface area (Å²) in [4.78, 5) is 30.5. The van der Waals surface area contributed by atoms with E-state index in [1.54, 1.807) is 54.7 Å². The van der Waals surface area contributed by atoms with E-state index in [1.807, 2.05) is 12.1 Å². The maximum atomic E-state index is 13.3. The van der Waals surface area contributed by atoms with Crippen LogP contribution in [0.15, 0.2) is 71.7 Å². The van der Waals surface area contributed by atoms with Gasteiger partial charge in [0.15, 0.2) is 0 Å². The summed E-state index contributed by atoms with van der Waals surface area (Å²) in [5.41, 5.74) is 1.42. The van der Waals surface area contributed by atoms with Gasteiger partial charge in [-0.3, -0.25) is 19.1 Å². The molecule has 0 unspecified atom stereocenters. The molecule has 2 aromatic carbocycles. The first-order valence-corrected chi connectivity index (χ1v) is 10.2. The Kier molecular flexibility index (Phi) is 6.09. The molecular formula is C24H20ClN3O4. The molecule has 4 aromatic rings. The number of fused-ring (bicyclic) bond motifs is 1. The van der Waals surface area contributed by atoms with Crippen molar-refractivity contribution in [2.24, 2.45) is 0 Å². The second-order valence-corrected chi connectivity index (χ2v) is 7.33. The van der Waals surface area contributed by atoms with E-state index in [2.05, 4.69) is 10.3 Å². The standard InChI is InChI=1S/C24H20ClN3O4/c1-31-19-10-5-11-20(32-2)23(19)27-21(29)14-28-18(16-8-3-4-9-17(16)25)13-15-7-6-12-26-22(15)24(28)30/h3-13H,14H2,1-2H3,(H,27,29). The number of carbonyl (C=O) groups is 1. The molecule has 0 aliphatic rings. The average molecular weight is 450 g/mol. The summed E-state index contributed by atoms with van der Waals surface area (Å²) in [6.45, 7) is -0.257. The fourth-order valence-electron chi connectivity index (χ4n) is 3.52. The summed E-state index contributed by atoms with van der Waals surface area (Å²) >= 11 is 6.42. The van der Waals surface area contributed by atoms with Gasteiger partial charge >= 0.3 is 0 Å². The van der Waals surface area contributed by atoms with Crippen LogP contribution < -0.4 is 20.3 Å². The number of aromatic nitrogens is 2. The van der Waals surface area contributed by atoms with Crippen LogP contribution in [0.3, 0.4) is 0 Å². The zero-order valence-corrected chi connectivity index (χ0v) is 18.2. The van der Waals surface area contributed by atoms with Gasteiger partial charge in [-0.25, -0.2) is 0 Å². The van der Waals surface area contributed by atoms with Crippen molar-refractivity contribution in [3.63, 3.8) is 0 Å². The summed E-state index contributed by atoms with van der Waals surface area (Å²) in [6.07, 6.45) is 1.54. The largest absolute Gasteiger partial charge is 0.494 e. The van der Waals surface area contributed by atoms with Crippen molar-refractivity contribution in [2.75, 3.05) is 19.5 Å². The molecule has 32 heavy (non-hydrogen) atoms. The summed E-state index contributed by atoms with van der Waals surface area (Å²) in [6, 6.07) is 17.7. The molecule has 2 heterocycles. The fourth-order valence-corrected chi connectivity index (χ4v) is 3.75. The Balaban J connectivity index is 1.80. The molecule has 2 aromatic heterocycles. The van der Waals surface area contributed by atoms with Crippen molar-refractivity contribution >= 4 is 34.1 Å². The van der Waals surface area contributed by atoms with Gasteiger partial charge in [-0.2, -0.15) is 0 Å². The highest BCUT2D eigenvalue weighted by atomic mass is 35.5. The number of pyridine rings is 2. The predicted octanol–water partition coefficient (Wildman–Crippen LogP) is 4.37. The van der Waals surface area contributed by atoms with Crippen LogP contribution in [-0.2, 0) is 11.3 Å². The lowest BCUT2D eigenvalue weighted by atomic mass is 10.1. The minimum Gasteiger partial charge on any atom is -0.494 e. The smallest absolute Gasteiger partial charge is 0.277 e. The number of methoxy groups -OCH3 is 2. The van der Waals surface area contributed by atoms with Crippen molar-refractivity contribution in [3.05, 3.63) is 82.2 Å². The van der Waals surface area contributed by atoms with E-state index in [9.17, 15) is 9.59 Å². The van der Waals surface area contributed by atoms with Crippen LogP contribution in [0.4, 0.5) is 5.69 Å². The Morgan fingerprint density at radius 3 is 2.44 bits per heavy atom. The fraction of sp³-hybridized carbons (Fsp3) is 0.125. The highest BCUT2D eigenvalue weighted by molar-refractivity contribution is 6.33. The number of para-hydroxylation sites is 1. The van der Waals surface area contributed by atoms with Crippen LogP contribution >= 0.6 is 11.6 Å². The Bertz CT molecular complexity index is 1340. The normalized spacial score (nSPS) is 10.7. The topological polar surface area (TPSA) is 82.4 Å². The third-order valence-corrected chi connectivity index (χ3v) is 5.34. The first kappa shape index (κ1) is 21.4. The van der Waals surface area contributed by atoms with E-state index >= 15 is 0 Å². The van der Waals surface area contributed by atoms with Gasteiger partial charge in [0, 0.05) is 22.2 Å². The number of ether oxygens (including phenoxy) is 2. The number of benzene rings is 2. The van der Waals surface area contributed by atoms with E-state index in [4.69, 9.17) is 21.1 Å². The molecule has 0 spiro atoms. The second-order valence-electron chi connectivity index (χ2n) is 6.93. The van der Waals surface area contributed by atoms with E-state index in [-0.39, 0.29) is 17.6 Å². The highest BCUT2D eigenvalue weighted by Crippen LogP contribution is 2.34. The molecule has 8 heteroatoms. The molecule has 0 fully saturated rings. The molecule has 4 rings (SSSR count). The monoisotopic (exact) mass is 449 g/mol. The van der Waals surface area contributed by atoms with Gasteiger partial charge in [0.1, 0.15) is 29.2 Å². The SMILES string of the molecule is COc1cccc(OC)c1NC(=O)Cn1c(-c2ccccc2Cl)cc2cccnc2c1=O. The van der Waals surface area contributed by atoms with E-state index in [1.165, 1.54) is 18.8 Å². The van der Waals surface area contributed by atoms with Crippen LogP contribution in [-0.4, -0.2) is 29.7 Å². The van der Waals surface area contributed by atoms with Crippen molar-refractivity contribution in [3.8, 4) is 22.8 Å². The zero-order chi connectivity index (χ0) is 22.7. The number of hydrogen-bond acceptors (Lipinski definition) is 5. The maximum Gasteiger partial charge on any atom is 0.277 e. The van der Waals surface area contributed by atoms with Crippen LogP contribution in [0, 0.1) is 0 Å². The lowest BCUT2D eigenvalue weighted by Gasteiger charge is -2.17. The van der Waals surface area contributed by atoms with Gasteiger partial charge in [0.25, 0.3) is 5.56 Å². The number of anilines is 1. The molecule has 0 saturated carbocycles. The Morgan fingerprint density at radius 2 is 1.75 bits per heavy atom. The third-order valence-electron chi connectivity index (χ3n) is 5.01. The predicted molar refractivity (Wildman–Crippen MR) is 125 cm³/mol. The molecule has 0 aliphatic heterocycles. The number of halogens is 1. The molecule has 0 bridgehead atoms. The minimum atomic E-state index is -0.432. The van der Waals surface area contributed by atoms with Crippen LogP contribution in [0.1, 0.15) is 0 Å². The lowest BCUT2D eigenvalue weighted by Crippen LogP contribution is -2.29. The first-order chi connectivity index (χ1) is 15.5. The second kappa shape index (κ2) is 9.11. The van der Waals surface area contributed by atoms with Gasteiger partial charge in [0.05, 0.1) is 19.9 Å². The number of amides is 1. The number of nitrogens with one attached hydrogen (secondary N) is 1. The molecule has 162 valence electrons. The lowest BCUT2D eigenvalue weighted by molar-refractivity contribution is -0.116. The van der Waals surface area contributed by atoms with Gasteiger partial charge < -0.3 is 14.8 Å². The van der Waals surface area contributed by atoms with Gasteiger partial charge in [-0.05, 0) is 30.3 Å². The summed E-state index contributed by atoms with van der Waals surface area (Å²) in [7, 11) is 3.00. The van der Waals surface area contributed by atoms with Gasteiger partial charge in [-0.15, -0.1) is 0 Å². The Hall–Kier alpha value is -3.84. The summed E-state index contributed by atoms with van der Waals surface area (Å²) in [5.74, 6) is 0.451. The van der Waals surface area contributed by atoms with Crippen molar-refractivity contribution < 1.29 is 14.3 Å². The number of hydrogen-bond donors (Lipinski definition) is 1. The summed E-state index contributed by atoms with van der Waals surface area (Å²) in [5, 5.41) is 3.93. The third kappa shape index (κ3) is 4.02. The molecule has 1 amide bonds. The zero-order valence-electron chi connectivity index (χ0n) is 17.5. The Labute approximate surface area is 189 Å². The van der Waals surface area contributed by atoms with Gasteiger partial charge in [0.2, 0.25) is 5.91 Å². The van der Waals surface area contributed by atoms with Crippen molar-refractivity contribution in [2.45, 2.75) is 6.54 Å². The molecule has 7 nitrogen and oxygen atoms in total. The number of carbonyl (C=O) groups excluding carboxylic acids is 1. The quantitative estimate of drug-likeness (QED) is 0.472. The molecule has 1 N–H and O–H groups in total. The Morgan fingerprint density at radius 1 is 1.03 bits per heavy atom. The first-order valence-electron chi connectivity index (χ1n) is 9.77. The minimum absolute atomic E-state index is 0.257. The maximum absolute atomic E-state index is 13.3. The van der Waals surface area contributed by atoms with Gasteiger partial charge in [-0.1, -0.05) is 41.9 Å². The van der Waals surface area contributed by atoms with Crippen molar-refractivity contribution in [1.29, 1.82) is 0 Å². The molecule has 0 radical (unpaired) electrons. The summed E-state index contributed by atoms with van der Waals surface area (Å²) < 4.78 is 12.0. The van der Waals surface area contributed by atoms with E-state index in [0.29, 0.717) is 38.9 Å². The highest BCUT2D eigenvalue weighted by Gasteiger charge is 2.18. The molecular weight excluding hydrogens is 430 g/mol. The van der Waals surface area contributed by atoms with Crippen LogP contribution in [0.25, 0.3) is 22.2 Å². The van der Waals surface area contributed by atoms with Crippen LogP contribution in [0.5, 0.6) is 11.5 Å². The molecule has 0 atom stereocenters.